The average Bonchev–Trinajstić information content (AvgIpc) is 3.63. The highest BCUT2D eigenvalue weighted by molar-refractivity contribution is 6.34. The van der Waals surface area contributed by atoms with Crippen LogP contribution in [0.15, 0.2) is 30.6 Å². The van der Waals surface area contributed by atoms with Gasteiger partial charge in [0.25, 0.3) is 11.8 Å². The van der Waals surface area contributed by atoms with E-state index in [9.17, 15) is 32.7 Å². The van der Waals surface area contributed by atoms with Crippen molar-refractivity contribution in [2.24, 2.45) is 13.0 Å². The highest BCUT2D eigenvalue weighted by Crippen LogP contribution is 2.41. The Morgan fingerprint density at radius 1 is 1.09 bits per heavy atom. The topological polar surface area (TPSA) is 138 Å². The van der Waals surface area contributed by atoms with Crippen molar-refractivity contribution in [1.29, 1.82) is 0 Å². The fourth-order valence-corrected chi connectivity index (χ4v) is 6.07. The SMILES string of the molecule is Cl.Cn1c(-c2cn(C3CC3)nc2C(F)(F)F)cnc1C(=O)Nc1ccc(C(=O)N2CCN(C(=O)C3CNCC(O)C3)CC2)c(Cl)c1. The minimum atomic E-state index is -4.68. The lowest BCUT2D eigenvalue weighted by Gasteiger charge is -2.37. The van der Waals surface area contributed by atoms with E-state index in [0.29, 0.717) is 45.7 Å². The summed E-state index contributed by atoms with van der Waals surface area (Å²) in [5.41, 5.74) is -0.619. The monoisotopic (exact) mass is 684 g/mol. The molecule has 3 N–H and O–H groups in total. The summed E-state index contributed by atoms with van der Waals surface area (Å²) in [4.78, 5) is 46.6. The van der Waals surface area contributed by atoms with Gasteiger partial charge in [-0.3, -0.25) is 19.1 Å². The second-order valence-electron chi connectivity index (χ2n) is 11.6. The molecule has 3 fully saturated rings. The van der Waals surface area contributed by atoms with Crippen LogP contribution in [0.1, 0.15) is 52.0 Å². The van der Waals surface area contributed by atoms with Gasteiger partial charge in [0, 0.05) is 58.2 Å². The van der Waals surface area contributed by atoms with Crippen LogP contribution in [0.5, 0.6) is 0 Å². The number of benzene rings is 1. The molecule has 248 valence electrons. The summed E-state index contributed by atoms with van der Waals surface area (Å²) < 4.78 is 43.8. The molecule has 1 aromatic carbocycles. The molecule has 17 heteroatoms. The van der Waals surface area contributed by atoms with Crippen LogP contribution in [-0.2, 0) is 18.0 Å². The summed E-state index contributed by atoms with van der Waals surface area (Å²) in [6.07, 6.45) is -0.765. The number of anilines is 1. The highest BCUT2D eigenvalue weighted by atomic mass is 35.5. The van der Waals surface area contributed by atoms with Crippen LogP contribution < -0.4 is 10.6 Å². The predicted octanol–water partition coefficient (Wildman–Crippen LogP) is 3.22. The number of imidazole rings is 1. The van der Waals surface area contributed by atoms with E-state index in [1.54, 1.807) is 9.80 Å². The minimum absolute atomic E-state index is 0. The molecule has 2 aromatic heterocycles. The summed E-state index contributed by atoms with van der Waals surface area (Å²) in [5.74, 6) is -1.46. The van der Waals surface area contributed by atoms with Crippen LogP contribution in [0.4, 0.5) is 18.9 Å². The van der Waals surface area contributed by atoms with Gasteiger partial charge in [-0.2, -0.15) is 18.3 Å². The molecule has 2 unspecified atom stereocenters. The minimum Gasteiger partial charge on any atom is -0.392 e. The van der Waals surface area contributed by atoms with E-state index in [-0.39, 0.29) is 69.5 Å². The second-order valence-corrected chi connectivity index (χ2v) is 12.0. The number of amides is 3. The van der Waals surface area contributed by atoms with Crippen molar-refractivity contribution in [3.8, 4) is 11.3 Å². The van der Waals surface area contributed by atoms with Gasteiger partial charge in [-0.15, -0.1) is 12.4 Å². The number of nitrogens with zero attached hydrogens (tertiary/aromatic N) is 6. The Labute approximate surface area is 273 Å². The van der Waals surface area contributed by atoms with E-state index in [2.05, 4.69) is 20.7 Å². The Balaban J connectivity index is 0.00000417. The van der Waals surface area contributed by atoms with Gasteiger partial charge >= 0.3 is 6.18 Å². The van der Waals surface area contributed by atoms with E-state index in [0.717, 1.165) is 12.8 Å². The number of piperazine rings is 1. The quantitative estimate of drug-likeness (QED) is 0.363. The number of carbonyl (C=O) groups excluding carboxylic acids is 3. The Bertz CT molecular complexity index is 1630. The smallest absolute Gasteiger partial charge is 0.392 e. The third-order valence-corrected chi connectivity index (χ3v) is 8.71. The van der Waals surface area contributed by atoms with Crippen LogP contribution in [-0.4, -0.2) is 97.3 Å². The first-order chi connectivity index (χ1) is 21.4. The van der Waals surface area contributed by atoms with Crippen LogP contribution in [0, 0.1) is 5.92 Å². The van der Waals surface area contributed by atoms with Gasteiger partial charge < -0.3 is 30.1 Å². The van der Waals surface area contributed by atoms with Gasteiger partial charge in [0.1, 0.15) is 0 Å². The number of aliphatic hydroxyl groups is 1. The number of β-amino-alcohol motifs (C(OH)–C–C–N with tert-alkyl or cyclic N) is 1. The Morgan fingerprint density at radius 2 is 1.78 bits per heavy atom. The molecule has 46 heavy (non-hydrogen) atoms. The molecule has 3 aliphatic rings. The largest absolute Gasteiger partial charge is 0.435 e. The van der Waals surface area contributed by atoms with Crippen LogP contribution in [0.3, 0.4) is 0 Å². The molecule has 2 aliphatic heterocycles. The fraction of sp³-hybridized carbons (Fsp3) is 0.483. The Morgan fingerprint density at radius 3 is 2.41 bits per heavy atom. The third-order valence-electron chi connectivity index (χ3n) is 8.40. The van der Waals surface area contributed by atoms with Crippen molar-refractivity contribution >= 4 is 47.4 Å². The maximum Gasteiger partial charge on any atom is 0.435 e. The van der Waals surface area contributed by atoms with Crippen LogP contribution >= 0.6 is 24.0 Å². The Hall–Kier alpha value is -3.66. The normalized spacial score (nSPS) is 20.3. The van der Waals surface area contributed by atoms with Crippen molar-refractivity contribution in [2.45, 2.75) is 37.6 Å². The molecule has 0 bridgehead atoms. The number of piperidine rings is 1. The molecule has 4 heterocycles. The number of hydrogen-bond acceptors (Lipinski definition) is 7. The van der Waals surface area contributed by atoms with E-state index < -0.39 is 23.9 Å². The van der Waals surface area contributed by atoms with E-state index in [1.807, 2.05) is 0 Å². The first kappa shape index (κ1) is 33.7. The molecule has 12 nitrogen and oxygen atoms in total. The number of halogens is 5. The maximum absolute atomic E-state index is 13.7. The summed E-state index contributed by atoms with van der Waals surface area (Å²) in [5, 5.41) is 19.4. The van der Waals surface area contributed by atoms with Crippen molar-refractivity contribution < 1.29 is 32.7 Å². The number of aromatic nitrogens is 4. The summed E-state index contributed by atoms with van der Waals surface area (Å²) in [7, 11) is 1.45. The number of rotatable bonds is 6. The van der Waals surface area contributed by atoms with Gasteiger partial charge in [0.15, 0.2) is 11.5 Å². The van der Waals surface area contributed by atoms with E-state index in [4.69, 9.17) is 11.6 Å². The van der Waals surface area contributed by atoms with Gasteiger partial charge in [-0.25, -0.2) is 4.98 Å². The van der Waals surface area contributed by atoms with Crippen LogP contribution in [0.25, 0.3) is 11.3 Å². The second kappa shape index (κ2) is 13.2. The summed E-state index contributed by atoms with van der Waals surface area (Å²) in [6.45, 7) is 2.35. The van der Waals surface area contributed by atoms with Crippen LogP contribution in [0.2, 0.25) is 5.02 Å². The zero-order valence-electron chi connectivity index (χ0n) is 24.8. The average molecular weight is 686 g/mol. The van der Waals surface area contributed by atoms with Gasteiger partial charge in [-0.1, -0.05) is 11.6 Å². The predicted molar refractivity (Wildman–Crippen MR) is 164 cm³/mol. The lowest BCUT2D eigenvalue weighted by Crippen LogP contribution is -2.54. The number of aliphatic hydroxyl groups excluding tert-OH is 1. The molecular weight excluding hydrogens is 652 g/mol. The fourth-order valence-electron chi connectivity index (χ4n) is 5.80. The lowest BCUT2D eigenvalue weighted by molar-refractivity contribution is -0.141. The third kappa shape index (κ3) is 6.87. The zero-order chi connectivity index (χ0) is 32.0. The first-order valence-electron chi connectivity index (χ1n) is 14.7. The van der Waals surface area contributed by atoms with Crippen molar-refractivity contribution in [1.82, 2.24) is 34.4 Å². The molecular formula is C29H33Cl2F3N8O4. The number of nitrogens with one attached hydrogen (secondary N) is 2. The van der Waals surface area contributed by atoms with Gasteiger partial charge in [-0.05, 0) is 37.5 Å². The van der Waals surface area contributed by atoms with Gasteiger partial charge in [0.05, 0.1) is 46.1 Å². The molecule has 3 aromatic rings. The van der Waals surface area contributed by atoms with E-state index >= 15 is 0 Å². The molecule has 2 saturated heterocycles. The molecule has 1 aliphatic carbocycles. The molecule has 6 rings (SSSR count). The highest BCUT2D eigenvalue weighted by Gasteiger charge is 2.40. The Kier molecular flexibility index (Phi) is 9.68. The molecule has 0 spiro atoms. The summed E-state index contributed by atoms with van der Waals surface area (Å²) in [6, 6.07) is 4.34. The molecule has 1 saturated carbocycles. The van der Waals surface area contributed by atoms with Gasteiger partial charge in [0.2, 0.25) is 5.91 Å². The first-order valence-corrected chi connectivity index (χ1v) is 15.0. The number of alkyl halides is 3. The van der Waals surface area contributed by atoms with Crippen molar-refractivity contribution in [3.63, 3.8) is 0 Å². The van der Waals surface area contributed by atoms with Crippen molar-refractivity contribution in [2.75, 3.05) is 44.6 Å². The molecule has 3 amide bonds. The zero-order valence-corrected chi connectivity index (χ0v) is 26.3. The summed E-state index contributed by atoms with van der Waals surface area (Å²) >= 11 is 6.45. The molecule has 2 atom stereocenters. The number of hydrogen-bond donors (Lipinski definition) is 3. The molecule has 0 radical (unpaired) electrons. The standard InChI is InChI=1S/C29H32ClF3N8O4.ClH/c1-38-23(21-15-41(18-3-4-18)37-24(21)29(31,32)33)14-35-25(38)26(43)36-17-2-5-20(22(30)11-17)28(45)40-8-6-39(7-9-40)27(44)16-10-19(42)13-34-12-16;/h2,5,11,14-16,18-19,34,42H,3-4,6-10,12-13H2,1H3,(H,36,43);1H. The lowest BCUT2D eigenvalue weighted by atomic mass is 9.96. The van der Waals surface area contributed by atoms with E-state index in [1.165, 1.54) is 46.9 Å². The number of carbonyl (C=O) groups is 3. The van der Waals surface area contributed by atoms with Crippen molar-refractivity contribution in [3.05, 3.63) is 52.7 Å². The maximum atomic E-state index is 13.7.